The van der Waals surface area contributed by atoms with Crippen molar-refractivity contribution in [1.29, 1.82) is 0 Å². The van der Waals surface area contributed by atoms with Crippen molar-refractivity contribution in [2.45, 2.75) is 6.92 Å². The molecule has 0 radical (unpaired) electrons. The first kappa shape index (κ1) is 11.1. The molecule has 0 aliphatic carbocycles. The molecular weight excluding hydrogens is 158 g/mol. The van der Waals surface area contributed by atoms with Gasteiger partial charge in [0.1, 0.15) is 13.2 Å². The van der Waals surface area contributed by atoms with Crippen molar-refractivity contribution in [3.05, 3.63) is 17.4 Å². The van der Waals surface area contributed by atoms with Gasteiger partial charge in [-0.3, -0.25) is 0 Å². The molecule has 0 atom stereocenters. The van der Waals surface area contributed by atoms with Gasteiger partial charge in [0, 0.05) is 5.57 Å². The van der Waals surface area contributed by atoms with E-state index in [1.54, 1.807) is 6.92 Å². The van der Waals surface area contributed by atoms with Crippen LogP contribution in [-0.2, 0) is 9.53 Å². The summed E-state index contributed by atoms with van der Waals surface area (Å²) in [7, 11) is 2.99. The van der Waals surface area contributed by atoms with Crippen LogP contribution in [0.15, 0.2) is 12.2 Å². The predicted molar refractivity (Wildman–Crippen MR) is 46.1 cm³/mol. The summed E-state index contributed by atoms with van der Waals surface area (Å²) in [5, 5.41) is 11.0. The Hall–Kier alpha value is -0.870. The lowest BCUT2D eigenvalue weighted by Gasteiger charge is -2.33. The highest BCUT2D eigenvalue weighted by molar-refractivity contribution is 5.86. The number of carbonyl (C=O) groups is 1. The Morgan fingerprint density at radius 3 is 2.42 bits per heavy atom. The van der Waals surface area contributed by atoms with Gasteiger partial charge in [-0.05, 0) is 6.92 Å². The lowest BCUT2D eigenvalue weighted by Crippen LogP contribution is -2.36. The molecule has 0 fully saturated rings. The summed E-state index contributed by atoms with van der Waals surface area (Å²) in [6, 6.07) is 0. The Labute approximate surface area is 72.6 Å². The van der Waals surface area contributed by atoms with Gasteiger partial charge in [0.05, 0.1) is 14.1 Å². The van der Waals surface area contributed by atoms with E-state index in [-0.39, 0.29) is 13.2 Å². The van der Waals surface area contributed by atoms with Crippen LogP contribution < -0.4 is 0 Å². The third-order valence-corrected chi connectivity index (χ3v) is 1.21. The van der Waals surface area contributed by atoms with Crippen LogP contribution >= 0.6 is 0 Å². The first-order chi connectivity index (χ1) is 5.33. The van der Waals surface area contributed by atoms with Crippen LogP contribution in [0.25, 0.3) is 0 Å². The number of rotatable bonds is 4. The molecule has 4 heteroatoms. The van der Waals surface area contributed by atoms with E-state index in [4.69, 9.17) is 4.74 Å². The molecule has 0 bridgehead atoms. The molecule has 0 aliphatic heterocycles. The predicted octanol–water partition coefficient (Wildman–Crippen LogP) is 0.680. The number of nitrogens with zero attached hydrogens (tertiary/aromatic N) is 1. The number of hydrogen-bond donors (Lipinski definition) is 0. The first-order valence-electron chi connectivity index (χ1n) is 3.69. The van der Waals surface area contributed by atoms with Crippen LogP contribution in [0.2, 0.25) is 0 Å². The summed E-state index contributed by atoms with van der Waals surface area (Å²) in [5.74, 6) is -0.441. The molecule has 0 spiro atoms. The first-order valence-corrected chi connectivity index (χ1v) is 3.69. The van der Waals surface area contributed by atoms with E-state index >= 15 is 0 Å². The molecule has 0 saturated carbocycles. The summed E-state index contributed by atoms with van der Waals surface area (Å²) in [6.07, 6.45) is 0. The van der Waals surface area contributed by atoms with Crippen molar-refractivity contribution in [1.82, 2.24) is 0 Å². The van der Waals surface area contributed by atoms with Gasteiger partial charge in [0.2, 0.25) is 0 Å². The number of hydrogen-bond acceptors (Lipinski definition) is 3. The summed E-state index contributed by atoms with van der Waals surface area (Å²) in [4.78, 5) is 10.8. The Morgan fingerprint density at radius 1 is 1.58 bits per heavy atom. The second-order valence-corrected chi connectivity index (χ2v) is 3.21. The topological polar surface area (TPSA) is 49.4 Å². The molecule has 0 aromatic carbocycles. The lowest BCUT2D eigenvalue weighted by molar-refractivity contribution is -0.840. The highest BCUT2D eigenvalue weighted by Crippen LogP contribution is 1.95. The normalized spacial score (nSPS) is 11.0. The summed E-state index contributed by atoms with van der Waals surface area (Å²) in [5.41, 5.74) is 0.353. The molecule has 0 aromatic rings. The Morgan fingerprint density at radius 2 is 2.08 bits per heavy atom. The molecule has 0 amide bonds. The zero-order valence-corrected chi connectivity index (χ0v) is 7.79. The largest absolute Gasteiger partial charge is 0.633 e. The number of esters is 1. The highest BCUT2D eigenvalue weighted by atomic mass is 16.6. The maximum Gasteiger partial charge on any atom is 0.333 e. The lowest BCUT2D eigenvalue weighted by atomic mass is 10.4. The van der Waals surface area contributed by atoms with Crippen LogP contribution in [0, 0.1) is 5.21 Å². The SMILES string of the molecule is C=C(C)C(=O)OCC[N+](C)(C)[O-]. The van der Waals surface area contributed by atoms with Crippen molar-refractivity contribution in [3.63, 3.8) is 0 Å². The van der Waals surface area contributed by atoms with Gasteiger partial charge in [-0.25, -0.2) is 4.79 Å². The molecular formula is C8H15NO3. The molecule has 0 saturated heterocycles. The fraction of sp³-hybridized carbons (Fsp3) is 0.625. The number of hydroxylamine groups is 3. The van der Waals surface area contributed by atoms with Gasteiger partial charge < -0.3 is 14.6 Å². The van der Waals surface area contributed by atoms with Crippen LogP contribution in [0.5, 0.6) is 0 Å². The minimum absolute atomic E-state index is 0.141. The monoisotopic (exact) mass is 173 g/mol. The minimum atomic E-state index is -0.455. The van der Waals surface area contributed by atoms with E-state index < -0.39 is 10.6 Å². The maximum absolute atomic E-state index is 11.0. The van der Waals surface area contributed by atoms with Crippen LogP contribution in [0.4, 0.5) is 0 Å². The summed E-state index contributed by atoms with van der Waals surface area (Å²) in [6.45, 7) is 5.39. The number of carbonyl (C=O) groups excluding carboxylic acids is 1. The van der Waals surface area contributed by atoms with E-state index in [1.807, 2.05) is 0 Å². The number of quaternary nitrogens is 1. The van der Waals surface area contributed by atoms with E-state index in [2.05, 4.69) is 6.58 Å². The third-order valence-electron chi connectivity index (χ3n) is 1.21. The van der Waals surface area contributed by atoms with Gasteiger partial charge in [-0.1, -0.05) is 6.58 Å². The van der Waals surface area contributed by atoms with Crippen molar-refractivity contribution in [3.8, 4) is 0 Å². The van der Waals surface area contributed by atoms with E-state index in [0.29, 0.717) is 5.57 Å². The van der Waals surface area contributed by atoms with Crippen LogP contribution in [0.3, 0.4) is 0 Å². The molecule has 0 heterocycles. The van der Waals surface area contributed by atoms with E-state index in [1.165, 1.54) is 14.1 Å². The zero-order valence-electron chi connectivity index (χ0n) is 7.79. The highest BCUT2D eigenvalue weighted by Gasteiger charge is 2.06. The van der Waals surface area contributed by atoms with E-state index in [9.17, 15) is 10.0 Å². The average Bonchev–Trinajstić information content (AvgIpc) is 1.84. The fourth-order valence-electron chi connectivity index (χ4n) is 0.481. The smallest absolute Gasteiger partial charge is 0.333 e. The molecule has 12 heavy (non-hydrogen) atoms. The third kappa shape index (κ3) is 5.88. The van der Waals surface area contributed by atoms with E-state index in [0.717, 1.165) is 0 Å². The summed E-state index contributed by atoms with van der Waals surface area (Å²) >= 11 is 0. The molecule has 4 nitrogen and oxygen atoms in total. The average molecular weight is 173 g/mol. The second kappa shape index (κ2) is 4.23. The van der Waals surface area contributed by atoms with Gasteiger partial charge in [0.15, 0.2) is 0 Å². The molecule has 0 N–H and O–H groups in total. The summed E-state index contributed by atoms with van der Waals surface area (Å²) < 4.78 is 4.27. The Kier molecular flexibility index (Phi) is 3.92. The molecule has 0 aromatic heterocycles. The number of likely N-dealkylation sites (N-methyl/N-ethyl adjacent to an activating group) is 1. The number of ether oxygens (including phenoxy) is 1. The second-order valence-electron chi connectivity index (χ2n) is 3.21. The Bertz CT molecular complexity index is 181. The quantitative estimate of drug-likeness (QED) is 0.272. The van der Waals surface area contributed by atoms with Crippen molar-refractivity contribution >= 4 is 5.97 Å². The zero-order chi connectivity index (χ0) is 9.78. The molecule has 0 aliphatic rings. The molecule has 70 valence electrons. The van der Waals surface area contributed by atoms with Crippen LogP contribution in [-0.4, -0.2) is 37.9 Å². The van der Waals surface area contributed by atoms with Gasteiger partial charge >= 0.3 is 5.97 Å². The van der Waals surface area contributed by atoms with Gasteiger partial charge in [0.25, 0.3) is 0 Å². The molecule has 0 rings (SSSR count). The Balaban J connectivity index is 3.58. The van der Waals surface area contributed by atoms with Crippen molar-refractivity contribution in [2.24, 2.45) is 0 Å². The molecule has 0 unspecified atom stereocenters. The van der Waals surface area contributed by atoms with Crippen LogP contribution in [0.1, 0.15) is 6.92 Å². The fourth-order valence-corrected chi connectivity index (χ4v) is 0.481. The van der Waals surface area contributed by atoms with Crippen molar-refractivity contribution < 1.29 is 14.2 Å². The maximum atomic E-state index is 11.0. The van der Waals surface area contributed by atoms with Gasteiger partial charge in [-0.2, -0.15) is 0 Å². The minimum Gasteiger partial charge on any atom is -0.633 e. The van der Waals surface area contributed by atoms with Crippen molar-refractivity contribution in [2.75, 3.05) is 27.2 Å². The standard InChI is InChI=1S/C8H15NO3/c1-7(2)8(10)12-6-5-9(3,4)11/h1,5-6H2,2-4H3. The van der Waals surface area contributed by atoms with Gasteiger partial charge in [-0.15, -0.1) is 0 Å².